The second kappa shape index (κ2) is 5.56. The fourth-order valence-corrected chi connectivity index (χ4v) is 2.20. The van der Waals surface area contributed by atoms with Crippen molar-refractivity contribution in [1.29, 1.82) is 5.26 Å². The molecule has 1 unspecified atom stereocenters. The lowest BCUT2D eigenvalue weighted by atomic mass is 10.3. The molecule has 1 aromatic carbocycles. The molecule has 1 rings (SSSR count). The van der Waals surface area contributed by atoms with Gasteiger partial charge in [-0.1, -0.05) is 0 Å². The average Bonchev–Trinajstić information content (AvgIpc) is 2.22. The second-order valence-electron chi connectivity index (χ2n) is 2.89. The van der Waals surface area contributed by atoms with Crippen LogP contribution in [-0.2, 0) is 10.8 Å². The Kier molecular flexibility index (Phi) is 4.37. The van der Waals surface area contributed by atoms with E-state index in [0.717, 1.165) is 18.2 Å². The molecule has 0 bridgehead atoms. The van der Waals surface area contributed by atoms with Gasteiger partial charge in [-0.25, -0.2) is 8.78 Å². The van der Waals surface area contributed by atoms with Crippen LogP contribution in [0.2, 0.25) is 0 Å². The Morgan fingerprint density at radius 2 is 2.13 bits per heavy atom. The molecule has 0 spiro atoms. The minimum absolute atomic E-state index is 0.132. The Labute approximate surface area is 89.0 Å². The maximum atomic E-state index is 13.1. The summed E-state index contributed by atoms with van der Waals surface area (Å²) in [6.45, 7) is 0. The molecular formula is C10H9F2NOS. The van der Waals surface area contributed by atoms with Crippen LogP contribution in [0.3, 0.4) is 0 Å². The van der Waals surface area contributed by atoms with Gasteiger partial charge in [-0.2, -0.15) is 5.26 Å². The van der Waals surface area contributed by atoms with E-state index in [1.165, 1.54) is 0 Å². The summed E-state index contributed by atoms with van der Waals surface area (Å²) in [5.41, 5.74) is 0. The maximum absolute atomic E-state index is 13.1. The van der Waals surface area contributed by atoms with Gasteiger partial charge in [-0.05, 0) is 24.6 Å². The van der Waals surface area contributed by atoms with Crippen LogP contribution in [0, 0.1) is 23.0 Å². The van der Waals surface area contributed by atoms with Gasteiger partial charge in [0.15, 0.2) is 0 Å². The summed E-state index contributed by atoms with van der Waals surface area (Å²) >= 11 is 0. The monoisotopic (exact) mass is 229 g/mol. The number of benzene rings is 1. The maximum Gasteiger partial charge on any atom is 0.139 e. The number of nitrogens with zero attached hydrogens (tertiary/aromatic N) is 1. The van der Waals surface area contributed by atoms with E-state index in [9.17, 15) is 13.0 Å². The quantitative estimate of drug-likeness (QED) is 0.744. The summed E-state index contributed by atoms with van der Waals surface area (Å²) in [5.74, 6) is -1.11. The summed E-state index contributed by atoms with van der Waals surface area (Å²) in [4.78, 5) is -0.132. The molecule has 0 aliphatic carbocycles. The Balaban J connectivity index is 2.73. The highest BCUT2D eigenvalue weighted by atomic mass is 32.2. The van der Waals surface area contributed by atoms with Crippen molar-refractivity contribution in [3.8, 4) is 6.07 Å². The van der Waals surface area contributed by atoms with Gasteiger partial charge in [0.25, 0.3) is 0 Å². The summed E-state index contributed by atoms with van der Waals surface area (Å²) in [6.07, 6.45) is 0.682. The van der Waals surface area contributed by atoms with Crippen molar-refractivity contribution in [1.82, 2.24) is 0 Å². The van der Waals surface area contributed by atoms with Gasteiger partial charge < -0.3 is 0 Å². The molecule has 0 fully saturated rings. The van der Waals surface area contributed by atoms with E-state index >= 15 is 0 Å². The van der Waals surface area contributed by atoms with Crippen LogP contribution in [-0.4, -0.2) is 9.96 Å². The normalized spacial score (nSPS) is 12.1. The first-order valence-corrected chi connectivity index (χ1v) is 5.67. The molecule has 0 radical (unpaired) electrons. The topological polar surface area (TPSA) is 40.9 Å². The van der Waals surface area contributed by atoms with Gasteiger partial charge in [0.05, 0.1) is 21.8 Å². The van der Waals surface area contributed by atoms with Crippen LogP contribution in [0.1, 0.15) is 12.8 Å². The van der Waals surface area contributed by atoms with Crippen molar-refractivity contribution in [3.05, 3.63) is 29.8 Å². The molecule has 0 aliphatic rings. The van der Waals surface area contributed by atoms with Crippen LogP contribution in [0.15, 0.2) is 23.1 Å². The molecule has 0 saturated heterocycles. The first-order chi connectivity index (χ1) is 7.15. The molecule has 0 amide bonds. The third-order valence-electron chi connectivity index (χ3n) is 1.76. The third-order valence-corrected chi connectivity index (χ3v) is 3.22. The van der Waals surface area contributed by atoms with Crippen LogP contribution >= 0.6 is 0 Å². The fraction of sp³-hybridized carbons (Fsp3) is 0.300. The largest absolute Gasteiger partial charge is 0.254 e. The molecule has 0 saturated carbocycles. The first-order valence-electron chi connectivity index (χ1n) is 4.35. The minimum atomic E-state index is -1.57. The van der Waals surface area contributed by atoms with Gasteiger partial charge in [-0.15, -0.1) is 0 Å². The predicted molar refractivity (Wildman–Crippen MR) is 52.5 cm³/mol. The predicted octanol–water partition coefficient (Wildman–Crippen LogP) is 2.38. The van der Waals surface area contributed by atoms with E-state index in [-0.39, 0.29) is 17.1 Å². The Bertz CT molecular complexity index is 414. The summed E-state index contributed by atoms with van der Waals surface area (Å²) in [6, 6.07) is 4.76. The molecule has 0 heterocycles. The number of hydrogen-bond donors (Lipinski definition) is 0. The highest BCUT2D eigenvalue weighted by molar-refractivity contribution is 7.85. The van der Waals surface area contributed by atoms with E-state index in [0.29, 0.717) is 6.42 Å². The Hall–Kier alpha value is -1.28. The molecule has 0 aromatic heterocycles. The van der Waals surface area contributed by atoms with E-state index in [1.807, 2.05) is 6.07 Å². The SMILES string of the molecule is N#CCCCS(=O)c1cc(F)ccc1F. The number of unbranched alkanes of at least 4 members (excludes halogenated alkanes) is 1. The van der Waals surface area contributed by atoms with Gasteiger partial charge >= 0.3 is 0 Å². The molecule has 80 valence electrons. The molecule has 0 N–H and O–H groups in total. The lowest BCUT2D eigenvalue weighted by Crippen LogP contribution is -2.01. The second-order valence-corrected chi connectivity index (χ2v) is 4.43. The van der Waals surface area contributed by atoms with Gasteiger partial charge in [0.2, 0.25) is 0 Å². The van der Waals surface area contributed by atoms with Crippen molar-refractivity contribution in [2.24, 2.45) is 0 Å². The van der Waals surface area contributed by atoms with Gasteiger partial charge in [0.1, 0.15) is 11.6 Å². The fourth-order valence-electron chi connectivity index (χ4n) is 1.04. The highest BCUT2D eigenvalue weighted by Crippen LogP contribution is 2.15. The van der Waals surface area contributed by atoms with Crippen molar-refractivity contribution in [3.63, 3.8) is 0 Å². The highest BCUT2D eigenvalue weighted by Gasteiger charge is 2.10. The number of halogens is 2. The van der Waals surface area contributed by atoms with Crippen LogP contribution < -0.4 is 0 Å². The number of hydrogen-bond acceptors (Lipinski definition) is 2. The van der Waals surface area contributed by atoms with Crippen molar-refractivity contribution in [2.75, 3.05) is 5.75 Å². The van der Waals surface area contributed by atoms with Gasteiger partial charge in [0, 0.05) is 12.2 Å². The summed E-state index contributed by atoms with van der Waals surface area (Å²) in [7, 11) is -1.57. The van der Waals surface area contributed by atoms with E-state index in [4.69, 9.17) is 5.26 Å². The van der Waals surface area contributed by atoms with Crippen molar-refractivity contribution in [2.45, 2.75) is 17.7 Å². The van der Waals surface area contributed by atoms with E-state index < -0.39 is 22.4 Å². The Morgan fingerprint density at radius 3 is 2.80 bits per heavy atom. The zero-order chi connectivity index (χ0) is 11.3. The van der Waals surface area contributed by atoms with Crippen LogP contribution in [0.5, 0.6) is 0 Å². The molecule has 2 nitrogen and oxygen atoms in total. The van der Waals surface area contributed by atoms with Crippen molar-refractivity contribution < 1.29 is 13.0 Å². The summed E-state index contributed by atoms with van der Waals surface area (Å²) < 4.78 is 37.3. The molecule has 0 aliphatic heterocycles. The number of nitriles is 1. The third kappa shape index (κ3) is 3.40. The van der Waals surface area contributed by atoms with Crippen LogP contribution in [0.4, 0.5) is 8.78 Å². The van der Waals surface area contributed by atoms with Crippen LogP contribution in [0.25, 0.3) is 0 Å². The molecular weight excluding hydrogens is 220 g/mol. The van der Waals surface area contributed by atoms with E-state index in [1.54, 1.807) is 0 Å². The zero-order valence-electron chi connectivity index (χ0n) is 7.87. The molecule has 1 aromatic rings. The minimum Gasteiger partial charge on any atom is -0.254 e. The molecule has 5 heteroatoms. The molecule has 15 heavy (non-hydrogen) atoms. The first kappa shape index (κ1) is 11.8. The smallest absolute Gasteiger partial charge is 0.139 e. The van der Waals surface area contributed by atoms with Crippen molar-refractivity contribution >= 4 is 10.8 Å². The van der Waals surface area contributed by atoms with E-state index in [2.05, 4.69) is 0 Å². The standard InChI is InChI=1S/C10H9F2NOS/c11-8-3-4-9(12)10(7-8)15(14)6-2-1-5-13/h3-4,7H,1-2,6H2. The van der Waals surface area contributed by atoms with Gasteiger partial charge in [-0.3, -0.25) is 4.21 Å². The lowest BCUT2D eigenvalue weighted by Gasteiger charge is -2.02. The molecule has 1 atom stereocenters. The average molecular weight is 229 g/mol. The lowest BCUT2D eigenvalue weighted by molar-refractivity contribution is 0.572. The number of rotatable bonds is 4. The summed E-state index contributed by atoms with van der Waals surface area (Å²) in [5, 5.41) is 8.27. The zero-order valence-corrected chi connectivity index (χ0v) is 8.69. The Morgan fingerprint density at radius 1 is 1.40 bits per heavy atom.